The number of pyridine rings is 1. The topological polar surface area (TPSA) is 62.3 Å². The summed E-state index contributed by atoms with van der Waals surface area (Å²) in [6.45, 7) is 4.71. The number of rotatable bonds is 5. The predicted octanol–water partition coefficient (Wildman–Crippen LogP) is 2.93. The number of nitrogens with one attached hydrogen (secondary N) is 1. The molecule has 1 aliphatic rings. The minimum absolute atomic E-state index is 0.0174. The normalized spacial score (nSPS) is 16.5. The van der Waals surface area contributed by atoms with Crippen molar-refractivity contribution in [2.45, 2.75) is 45.7 Å². The third-order valence-corrected chi connectivity index (χ3v) is 4.86. The molecule has 0 aliphatic carbocycles. The Labute approximate surface area is 154 Å². The fourth-order valence-corrected chi connectivity index (χ4v) is 3.44. The van der Waals surface area contributed by atoms with Gasteiger partial charge in [-0.2, -0.15) is 0 Å². The lowest BCUT2D eigenvalue weighted by atomic mass is 10.0. The zero-order valence-corrected chi connectivity index (χ0v) is 15.4. The molecule has 0 bridgehead atoms. The lowest BCUT2D eigenvalue weighted by Gasteiger charge is -2.25. The molecule has 1 atom stereocenters. The van der Waals surface area contributed by atoms with E-state index in [1.165, 1.54) is 6.92 Å². The molecule has 1 aromatic carbocycles. The maximum atomic E-state index is 12.9. The van der Waals surface area contributed by atoms with E-state index in [-0.39, 0.29) is 17.9 Å². The zero-order chi connectivity index (χ0) is 18.5. The average Bonchev–Trinajstić information content (AvgIpc) is 3.12. The fraction of sp³-hybridized carbons (Fsp3) is 0.381. The summed E-state index contributed by atoms with van der Waals surface area (Å²) in [4.78, 5) is 30.6. The van der Waals surface area contributed by atoms with Gasteiger partial charge in [-0.25, -0.2) is 0 Å². The van der Waals surface area contributed by atoms with Crippen LogP contribution in [-0.4, -0.2) is 28.2 Å². The highest BCUT2D eigenvalue weighted by Crippen LogP contribution is 2.31. The van der Waals surface area contributed by atoms with Crippen LogP contribution in [0.1, 0.15) is 48.3 Å². The maximum Gasteiger partial charge on any atom is 0.227 e. The number of carbonyl (C=O) groups is 2. The van der Waals surface area contributed by atoms with Crippen LogP contribution in [0.4, 0.5) is 0 Å². The molecule has 26 heavy (non-hydrogen) atoms. The molecule has 0 saturated carbocycles. The largest absolute Gasteiger partial charge is 0.351 e. The first-order valence-electron chi connectivity index (χ1n) is 9.09. The van der Waals surface area contributed by atoms with Gasteiger partial charge in [0.2, 0.25) is 11.8 Å². The first-order valence-corrected chi connectivity index (χ1v) is 9.09. The molecule has 2 aromatic rings. The van der Waals surface area contributed by atoms with Crippen LogP contribution < -0.4 is 5.32 Å². The molecule has 0 spiro atoms. The summed E-state index contributed by atoms with van der Waals surface area (Å²) < 4.78 is 0. The van der Waals surface area contributed by atoms with Crippen LogP contribution >= 0.6 is 0 Å². The summed E-state index contributed by atoms with van der Waals surface area (Å²) in [5, 5.41) is 2.77. The van der Waals surface area contributed by atoms with Gasteiger partial charge in [-0.1, -0.05) is 30.3 Å². The molecule has 5 heteroatoms. The number of nitrogens with zero attached hydrogens (tertiary/aromatic N) is 2. The second-order valence-electron chi connectivity index (χ2n) is 6.81. The highest BCUT2D eigenvalue weighted by atomic mass is 16.2. The first-order chi connectivity index (χ1) is 12.5. The lowest BCUT2D eigenvalue weighted by molar-refractivity contribution is -0.131. The smallest absolute Gasteiger partial charge is 0.227 e. The highest BCUT2D eigenvalue weighted by Gasteiger charge is 2.31. The van der Waals surface area contributed by atoms with Crippen molar-refractivity contribution in [2.24, 2.45) is 0 Å². The third-order valence-electron chi connectivity index (χ3n) is 4.86. The van der Waals surface area contributed by atoms with Crippen LogP contribution in [0.5, 0.6) is 0 Å². The summed E-state index contributed by atoms with van der Waals surface area (Å²) >= 11 is 0. The van der Waals surface area contributed by atoms with Gasteiger partial charge in [0.15, 0.2) is 0 Å². The Bertz CT molecular complexity index is 803. The fourth-order valence-electron chi connectivity index (χ4n) is 3.44. The van der Waals surface area contributed by atoms with Gasteiger partial charge in [0.25, 0.3) is 0 Å². The molecular formula is C21H25N3O2. The molecule has 1 aromatic heterocycles. The molecule has 1 N–H and O–H groups in total. The Hall–Kier alpha value is -2.69. The molecule has 2 heterocycles. The van der Waals surface area contributed by atoms with Crippen LogP contribution in [-0.2, 0) is 22.6 Å². The number of aromatic nitrogens is 1. The minimum atomic E-state index is -0.0758. The van der Waals surface area contributed by atoms with Crippen LogP contribution in [0.3, 0.4) is 0 Å². The third kappa shape index (κ3) is 4.28. The van der Waals surface area contributed by atoms with Crippen LogP contribution in [0, 0.1) is 6.92 Å². The van der Waals surface area contributed by atoms with Gasteiger partial charge in [0, 0.05) is 13.5 Å². The van der Waals surface area contributed by atoms with Crippen LogP contribution in [0.2, 0.25) is 0 Å². The number of likely N-dealkylation sites (tertiary alicyclic amines) is 1. The van der Waals surface area contributed by atoms with Crippen LogP contribution in [0.15, 0.2) is 42.5 Å². The summed E-state index contributed by atoms with van der Waals surface area (Å²) in [6.07, 6.45) is 2.34. The molecule has 0 unspecified atom stereocenters. The number of hydrogen-bond acceptors (Lipinski definition) is 3. The van der Waals surface area contributed by atoms with E-state index in [0.717, 1.165) is 41.9 Å². The van der Waals surface area contributed by atoms with Crippen molar-refractivity contribution in [1.82, 2.24) is 15.2 Å². The van der Waals surface area contributed by atoms with Crippen molar-refractivity contribution in [3.05, 3.63) is 65.0 Å². The van der Waals surface area contributed by atoms with Crippen molar-refractivity contribution < 1.29 is 9.59 Å². The van der Waals surface area contributed by atoms with Crippen molar-refractivity contribution >= 4 is 11.8 Å². The van der Waals surface area contributed by atoms with E-state index in [4.69, 9.17) is 0 Å². The van der Waals surface area contributed by atoms with Crippen molar-refractivity contribution in [1.29, 1.82) is 0 Å². The molecule has 136 valence electrons. The van der Waals surface area contributed by atoms with E-state index in [1.54, 1.807) is 0 Å². The van der Waals surface area contributed by atoms with Gasteiger partial charge in [-0.15, -0.1) is 0 Å². The molecule has 1 saturated heterocycles. The van der Waals surface area contributed by atoms with Gasteiger partial charge in [0.05, 0.1) is 30.4 Å². The average molecular weight is 351 g/mol. The molecule has 1 fully saturated rings. The van der Waals surface area contributed by atoms with E-state index in [2.05, 4.69) is 10.3 Å². The Morgan fingerprint density at radius 3 is 2.77 bits per heavy atom. The number of hydrogen-bond donors (Lipinski definition) is 1. The summed E-state index contributed by atoms with van der Waals surface area (Å²) in [6, 6.07) is 13.9. The Morgan fingerprint density at radius 1 is 1.19 bits per heavy atom. The van der Waals surface area contributed by atoms with E-state index in [9.17, 15) is 9.59 Å². The van der Waals surface area contributed by atoms with Crippen molar-refractivity contribution in [3.8, 4) is 0 Å². The van der Waals surface area contributed by atoms with Gasteiger partial charge in [-0.05, 0) is 43.0 Å². The molecule has 2 amide bonds. The number of benzene rings is 1. The van der Waals surface area contributed by atoms with E-state index in [0.29, 0.717) is 13.0 Å². The molecular weight excluding hydrogens is 326 g/mol. The predicted molar refractivity (Wildman–Crippen MR) is 100 cm³/mol. The maximum absolute atomic E-state index is 12.9. The van der Waals surface area contributed by atoms with Gasteiger partial charge >= 0.3 is 0 Å². The van der Waals surface area contributed by atoms with Crippen molar-refractivity contribution in [3.63, 3.8) is 0 Å². The van der Waals surface area contributed by atoms with E-state index >= 15 is 0 Å². The monoisotopic (exact) mass is 351 g/mol. The molecule has 5 nitrogen and oxygen atoms in total. The molecule has 0 radical (unpaired) electrons. The van der Waals surface area contributed by atoms with Crippen LogP contribution in [0.25, 0.3) is 0 Å². The van der Waals surface area contributed by atoms with Gasteiger partial charge < -0.3 is 10.2 Å². The summed E-state index contributed by atoms with van der Waals surface area (Å²) in [7, 11) is 0. The molecule has 1 aliphatic heterocycles. The van der Waals surface area contributed by atoms with E-state index in [1.807, 2.05) is 54.3 Å². The highest BCUT2D eigenvalue weighted by molar-refractivity contribution is 5.80. The zero-order valence-electron chi connectivity index (χ0n) is 15.4. The number of carbonyl (C=O) groups excluding carboxylic acids is 2. The number of aryl methyl sites for hydroxylation is 1. The second-order valence-corrected chi connectivity index (χ2v) is 6.81. The summed E-state index contributed by atoms with van der Waals surface area (Å²) in [5.41, 5.74) is 3.95. The van der Waals surface area contributed by atoms with E-state index < -0.39 is 0 Å². The summed E-state index contributed by atoms with van der Waals surface area (Å²) in [5.74, 6) is 0.0731. The number of amides is 2. The van der Waals surface area contributed by atoms with Gasteiger partial charge in [0.1, 0.15) is 0 Å². The Morgan fingerprint density at radius 2 is 2.00 bits per heavy atom. The first kappa shape index (κ1) is 18.1. The lowest BCUT2D eigenvalue weighted by Crippen LogP contribution is -2.32. The van der Waals surface area contributed by atoms with Gasteiger partial charge in [-0.3, -0.25) is 14.6 Å². The molecule has 3 rings (SSSR count). The van der Waals surface area contributed by atoms with Crippen molar-refractivity contribution in [2.75, 3.05) is 6.54 Å². The quantitative estimate of drug-likeness (QED) is 0.901. The second kappa shape index (κ2) is 8.13. The Kier molecular flexibility index (Phi) is 5.66. The standard InChI is InChI=1S/C21H25N3O2/c1-15-7-3-4-8-17(15)13-21(26)24-12-6-11-20(24)19-10-5-9-18(23-19)14-22-16(2)25/h3-5,7-10,20H,6,11-14H2,1-2H3,(H,22,25)/t20-/m0/s1. The Balaban J connectivity index is 1.73. The minimum Gasteiger partial charge on any atom is -0.351 e. The SMILES string of the molecule is CC(=O)NCc1cccc([C@@H]2CCCN2C(=O)Cc2ccccc2C)n1.